The third-order valence-electron chi connectivity index (χ3n) is 3.82. The van der Waals surface area contributed by atoms with E-state index in [1.165, 1.54) is 12.1 Å². The molecule has 0 atom stereocenters. The first-order valence-corrected chi connectivity index (χ1v) is 6.88. The van der Waals surface area contributed by atoms with Crippen molar-refractivity contribution >= 4 is 5.91 Å². The minimum atomic E-state index is -0.432. The summed E-state index contributed by atoms with van der Waals surface area (Å²) < 4.78 is 13.0. The molecule has 1 aromatic rings. The number of benzene rings is 1. The molecule has 104 valence electrons. The predicted molar refractivity (Wildman–Crippen MR) is 74.4 cm³/mol. The minimum absolute atomic E-state index is 0.0728. The number of carbonyl (C=O) groups excluding carboxylic acids is 1. The zero-order valence-electron chi connectivity index (χ0n) is 11.9. The van der Waals surface area contributed by atoms with E-state index in [-0.39, 0.29) is 17.1 Å². The molecule has 0 spiro atoms. The fourth-order valence-electron chi connectivity index (χ4n) is 2.46. The van der Waals surface area contributed by atoms with Gasteiger partial charge in [-0.15, -0.1) is 0 Å². The Balaban J connectivity index is 2.14. The first-order chi connectivity index (χ1) is 8.83. The highest BCUT2D eigenvalue weighted by atomic mass is 19.1. The Labute approximate surface area is 114 Å². The molecule has 1 amide bonds. The van der Waals surface area contributed by atoms with Gasteiger partial charge in [-0.2, -0.15) is 0 Å². The number of rotatable bonds is 3. The first-order valence-electron chi connectivity index (χ1n) is 6.88. The van der Waals surface area contributed by atoms with Gasteiger partial charge in [0.25, 0.3) is 0 Å². The SMILES string of the molecule is CC(C)(C)CNC(=O)C1(c2ccc(F)cc2)CCC1. The molecule has 1 aliphatic carbocycles. The number of nitrogens with one attached hydrogen (secondary N) is 1. The molecule has 1 saturated carbocycles. The molecule has 0 heterocycles. The molecule has 2 nitrogen and oxygen atoms in total. The second kappa shape index (κ2) is 4.95. The molecule has 0 unspecified atom stereocenters. The van der Waals surface area contributed by atoms with Crippen LogP contribution < -0.4 is 5.32 Å². The zero-order chi connectivity index (χ0) is 14.1. The maximum absolute atomic E-state index is 13.0. The van der Waals surface area contributed by atoms with Gasteiger partial charge in [-0.1, -0.05) is 39.3 Å². The minimum Gasteiger partial charge on any atom is -0.355 e. The first kappa shape index (κ1) is 14.0. The van der Waals surface area contributed by atoms with Crippen molar-refractivity contribution in [2.24, 2.45) is 5.41 Å². The van der Waals surface area contributed by atoms with Crippen LogP contribution in [0.1, 0.15) is 45.6 Å². The van der Waals surface area contributed by atoms with Crippen molar-refractivity contribution in [1.29, 1.82) is 0 Å². The summed E-state index contributed by atoms with van der Waals surface area (Å²) in [5.41, 5.74) is 0.578. The Morgan fingerprint density at radius 3 is 2.26 bits per heavy atom. The second-order valence-electron chi connectivity index (χ2n) is 6.69. The van der Waals surface area contributed by atoms with Crippen molar-refractivity contribution < 1.29 is 9.18 Å². The number of amides is 1. The second-order valence-corrected chi connectivity index (χ2v) is 6.69. The third kappa shape index (κ3) is 2.96. The largest absolute Gasteiger partial charge is 0.355 e. The van der Waals surface area contributed by atoms with Crippen LogP contribution in [0.3, 0.4) is 0 Å². The van der Waals surface area contributed by atoms with E-state index in [1.54, 1.807) is 12.1 Å². The lowest BCUT2D eigenvalue weighted by Gasteiger charge is -2.41. The average molecular weight is 263 g/mol. The van der Waals surface area contributed by atoms with Crippen LogP contribution in [0.4, 0.5) is 4.39 Å². The van der Waals surface area contributed by atoms with E-state index >= 15 is 0 Å². The Morgan fingerprint density at radius 2 is 1.84 bits per heavy atom. The summed E-state index contributed by atoms with van der Waals surface area (Å²) in [7, 11) is 0. The fourth-order valence-corrected chi connectivity index (χ4v) is 2.46. The van der Waals surface area contributed by atoms with Gasteiger partial charge in [0.15, 0.2) is 0 Å². The summed E-state index contributed by atoms with van der Waals surface area (Å²) >= 11 is 0. The molecule has 1 aromatic carbocycles. The molecule has 3 heteroatoms. The molecule has 1 N–H and O–H groups in total. The van der Waals surface area contributed by atoms with Crippen molar-refractivity contribution in [1.82, 2.24) is 5.32 Å². The van der Waals surface area contributed by atoms with Crippen LogP contribution in [0.2, 0.25) is 0 Å². The molecule has 0 saturated heterocycles. The summed E-state index contributed by atoms with van der Waals surface area (Å²) in [6.45, 7) is 6.95. The standard InChI is InChI=1S/C16H22FNO/c1-15(2,3)11-18-14(19)16(9-4-10-16)12-5-7-13(17)8-6-12/h5-8H,4,9-11H2,1-3H3,(H,18,19). The van der Waals surface area contributed by atoms with Gasteiger partial charge in [-0.3, -0.25) is 4.79 Å². The highest BCUT2D eigenvalue weighted by Gasteiger charge is 2.45. The number of hydrogen-bond acceptors (Lipinski definition) is 1. The van der Waals surface area contributed by atoms with Gasteiger partial charge in [-0.05, 0) is 36.0 Å². The molecule has 1 aliphatic rings. The summed E-state index contributed by atoms with van der Waals surface area (Å²) in [4.78, 5) is 12.5. The Bertz CT molecular complexity index is 455. The topological polar surface area (TPSA) is 29.1 Å². The highest BCUT2D eigenvalue weighted by molar-refractivity contribution is 5.89. The van der Waals surface area contributed by atoms with Crippen LogP contribution in [0.5, 0.6) is 0 Å². The quantitative estimate of drug-likeness (QED) is 0.889. The lowest BCUT2D eigenvalue weighted by atomic mass is 9.63. The summed E-state index contributed by atoms with van der Waals surface area (Å²) in [6, 6.07) is 6.36. The van der Waals surface area contributed by atoms with Gasteiger partial charge in [0.1, 0.15) is 5.82 Å². The van der Waals surface area contributed by atoms with E-state index in [4.69, 9.17) is 0 Å². The molecule has 0 bridgehead atoms. The van der Waals surface area contributed by atoms with Gasteiger partial charge in [-0.25, -0.2) is 4.39 Å². The molecule has 2 rings (SSSR count). The normalized spacial score (nSPS) is 17.7. The number of halogens is 1. The maximum Gasteiger partial charge on any atom is 0.230 e. The van der Waals surface area contributed by atoms with Crippen LogP contribution in [0, 0.1) is 11.2 Å². The lowest BCUT2D eigenvalue weighted by molar-refractivity contribution is -0.130. The summed E-state index contributed by atoms with van der Waals surface area (Å²) in [5, 5.41) is 3.05. The van der Waals surface area contributed by atoms with Crippen LogP contribution >= 0.6 is 0 Å². The lowest BCUT2D eigenvalue weighted by Crippen LogP contribution is -2.50. The van der Waals surface area contributed by atoms with Gasteiger partial charge in [0, 0.05) is 6.54 Å². The van der Waals surface area contributed by atoms with Crippen molar-refractivity contribution in [3.05, 3.63) is 35.6 Å². The third-order valence-corrected chi connectivity index (χ3v) is 3.82. The van der Waals surface area contributed by atoms with E-state index < -0.39 is 5.41 Å². The van der Waals surface area contributed by atoms with Crippen molar-refractivity contribution in [3.8, 4) is 0 Å². The molecule has 0 aromatic heterocycles. The van der Waals surface area contributed by atoms with Gasteiger partial charge < -0.3 is 5.32 Å². The zero-order valence-corrected chi connectivity index (χ0v) is 11.9. The number of carbonyl (C=O) groups is 1. The van der Waals surface area contributed by atoms with Gasteiger partial charge in [0.05, 0.1) is 5.41 Å². The van der Waals surface area contributed by atoms with Crippen molar-refractivity contribution in [2.75, 3.05) is 6.54 Å². The average Bonchev–Trinajstić information content (AvgIpc) is 2.26. The highest BCUT2D eigenvalue weighted by Crippen LogP contribution is 2.44. The van der Waals surface area contributed by atoms with Gasteiger partial charge in [0.2, 0.25) is 5.91 Å². The Morgan fingerprint density at radius 1 is 1.26 bits per heavy atom. The van der Waals surface area contributed by atoms with E-state index in [2.05, 4.69) is 26.1 Å². The van der Waals surface area contributed by atoms with Crippen LogP contribution in [0.25, 0.3) is 0 Å². The molecule has 1 fully saturated rings. The molecular formula is C16H22FNO. The van der Waals surface area contributed by atoms with Crippen molar-refractivity contribution in [2.45, 2.75) is 45.4 Å². The summed E-state index contributed by atoms with van der Waals surface area (Å²) in [5.74, 6) is -0.173. The van der Waals surface area contributed by atoms with E-state index in [1.807, 2.05) is 0 Å². The Kier molecular flexibility index (Phi) is 3.66. The van der Waals surface area contributed by atoms with Crippen LogP contribution in [0.15, 0.2) is 24.3 Å². The summed E-state index contributed by atoms with van der Waals surface area (Å²) in [6.07, 6.45) is 2.77. The van der Waals surface area contributed by atoms with E-state index in [0.29, 0.717) is 6.54 Å². The van der Waals surface area contributed by atoms with E-state index in [9.17, 15) is 9.18 Å². The van der Waals surface area contributed by atoms with Crippen molar-refractivity contribution in [3.63, 3.8) is 0 Å². The maximum atomic E-state index is 13.0. The van der Waals surface area contributed by atoms with Crippen LogP contribution in [-0.2, 0) is 10.2 Å². The fraction of sp³-hybridized carbons (Fsp3) is 0.562. The molecular weight excluding hydrogens is 241 g/mol. The smallest absolute Gasteiger partial charge is 0.230 e. The monoisotopic (exact) mass is 263 g/mol. The predicted octanol–water partition coefficient (Wildman–Crippen LogP) is 3.41. The molecule has 0 aliphatic heterocycles. The van der Waals surface area contributed by atoms with Crippen LogP contribution in [-0.4, -0.2) is 12.5 Å². The molecule has 19 heavy (non-hydrogen) atoms. The number of hydrogen-bond donors (Lipinski definition) is 1. The Hall–Kier alpha value is -1.38. The van der Waals surface area contributed by atoms with Gasteiger partial charge >= 0.3 is 0 Å². The molecule has 0 radical (unpaired) electrons. The van der Waals surface area contributed by atoms with E-state index in [0.717, 1.165) is 24.8 Å².